The highest BCUT2D eigenvalue weighted by Gasteiger charge is 2.73. The van der Waals surface area contributed by atoms with Gasteiger partial charge in [-0.05, 0) is 39.8 Å². The van der Waals surface area contributed by atoms with E-state index in [2.05, 4.69) is 10.2 Å². The van der Waals surface area contributed by atoms with Crippen molar-refractivity contribution in [1.82, 2.24) is 10.2 Å². The zero-order valence-corrected chi connectivity index (χ0v) is 18.8. The molecule has 0 spiro atoms. The van der Waals surface area contributed by atoms with Gasteiger partial charge < -0.3 is 26.0 Å². The lowest BCUT2D eigenvalue weighted by molar-refractivity contribution is -0.165. The van der Waals surface area contributed by atoms with E-state index in [1.807, 2.05) is 26.0 Å². The Hall–Kier alpha value is -2.29. The molecule has 0 aromatic carbocycles. The molecule has 1 aromatic rings. The number of thiophene rings is 1. The van der Waals surface area contributed by atoms with Crippen molar-refractivity contribution >= 4 is 45.9 Å². The number of thioether (sulfide) groups is 1. The molecule has 0 radical (unpaired) electrons. The Morgan fingerprint density at radius 2 is 2.03 bits per heavy atom. The van der Waals surface area contributed by atoms with E-state index < -0.39 is 45.5 Å². The molecule has 3 heterocycles. The van der Waals surface area contributed by atoms with Gasteiger partial charge in [-0.3, -0.25) is 9.59 Å². The van der Waals surface area contributed by atoms with Crippen LogP contribution in [0.15, 0.2) is 12.1 Å². The fourth-order valence-electron chi connectivity index (χ4n) is 3.92. The fourth-order valence-corrected chi connectivity index (χ4v) is 6.70. The number of nitrogens with zero attached hydrogens (tertiary/aromatic N) is 3. The number of nitrogens with one attached hydrogen (secondary N) is 1. The van der Waals surface area contributed by atoms with Crippen LogP contribution < -0.4 is 16.0 Å². The Balaban J connectivity index is 1.80. The standard InChI is InChI=1S/C19H25N5O4S2/c1-5-23(6-2)11-8-7-10(29-11)12(21)14(25)22-19(9-20)16(28)24-13(15(26)27)18(3,4)30-17(19)24/h7-8,12-13,17H,5-6,21H2,1-4H3,(H,22,25)(H,26,27)/t12?,13-,17+,19?/m0/s1. The molecule has 4 atom stereocenters. The number of carboxylic acids is 1. The molecule has 30 heavy (non-hydrogen) atoms. The number of aliphatic carboxylic acids is 1. The van der Waals surface area contributed by atoms with Crippen LogP contribution in [0, 0.1) is 11.3 Å². The molecule has 2 saturated heterocycles. The number of rotatable bonds is 7. The number of hydrogen-bond acceptors (Lipinski definition) is 8. The summed E-state index contributed by atoms with van der Waals surface area (Å²) in [7, 11) is 0. The number of anilines is 1. The summed E-state index contributed by atoms with van der Waals surface area (Å²) in [6.07, 6.45) is 0. The summed E-state index contributed by atoms with van der Waals surface area (Å²) in [6, 6.07) is 3.47. The number of hydrogen-bond donors (Lipinski definition) is 3. The minimum atomic E-state index is -1.82. The predicted molar refractivity (Wildman–Crippen MR) is 115 cm³/mol. The molecule has 9 nitrogen and oxygen atoms in total. The van der Waals surface area contributed by atoms with Gasteiger partial charge in [-0.25, -0.2) is 4.79 Å². The van der Waals surface area contributed by atoms with Crippen LogP contribution in [0.2, 0.25) is 0 Å². The number of amides is 2. The zero-order valence-electron chi connectivity index (χ0n) is 17.2. The summed E-state index contributed by atoms with van der Waals surface area (Å²) < 4.78 is -0.802. The summed E-state index contributed by atoms with van der Waals surface area (Å²) >= 11 is 2.58. The second-order valence-electron chi connectivity index (χ2n) is 7.76. The number of carbonyl (C=O) groups is 3. The number of carboxylic acid groups (broad SMARTS) is 1. The first-order valence-corrected chi connectivity index (χ1v) is 11.3. The number of carbonyl (C=O) groups excluding carboxylic acids is 2. The zero-order chi connectivity index (χ0) is 22.4. The molecule has 0 bridgehead atoms. The first-order valence-electron chi connectivity index (χ1n) is 9.61. The Kier molecular flexibility index (Phi) is 5.79. The molecule has 3 rings (SSSR count). The molecule has 2 fully saturated rings. The van der Waals surface area contributed by atoms with Crippen molar-refractivity contribution in [1.29, 1.82) is 5.26 Å². The minimum Gasteiger partial charge on any atom is -0.480 e. The number of nitriles is 1. The highest BCUT2D eigenvalue weighted by Crippen LogP contribution is 2.54. The van der Waals surface area contributed by atoms with Crippen molar-refractivity contribution in [2.75, 3.05) is 18.0 Å². The lowest BCUT2D eigenvalue weighted by atomic mass is 9.85. The second kappa shape index (κ2) is 7.76. The molecular formula is C19H25N5O4S2. The van der Waals surface area contributed by atoms with Gasteiger partial charge in [0.2, 0.25) is 11.4 Å². The van der Waals surface area contributed by atoms with Gasteiger partial charge in [-0.1, -0.05) is 0 Å². The molecular weight excluding hydrogens is 426 g/mol. The third-order valence-electron chi connectivity index (χ3n) is 5.55. The van der Waals surface area contributed by atoms with Crippen molar-refractivity contribution in [3.63, 3.8) is 0 Å². The minimum absolute atomic E-state index is 0.619. The highest BCUT2D eigenvalue weighted by atomic mass is 32.2. The molecule has 0 aliphatic carbocycles. The van der Waals surface area contributed by atoms with Crippen LogP contribution in [0.4, 0.5) is 5.00 Å². The van der Waals surface area contributed by atoms with E-state index in [0.717, 1.165) is 18.1 Å². The average molecular weight is 452 g/mol. The summed E-state index contributed by atoms with van der Waals surface area (Å²) in [5.74, 6) is -2.49. The van der Waals surface area contributed by atoms with Crippen molar-refractivity contribution < 1.29 is 19.5 Å². The fraction of sp³-hybridized carbons (Fsp3) is 0.579. The maximum absolute atomic E-state index is 12.8. The number of nitrogens with two attached hydrogens (primary N) is 1. The van der Waals surface area contributed by atoms with E-state index in [1.165, 1.54) is 28.0 Å². The largest absolute Gasteiger partial charge is 0.480 e. The normalized spacial score (nSPS) is 27.6. The second-order valence-corrected chi connectivity index (χ2v) is 10.6. The van der Waals surface area contributed by atoms with E-state index in [0.29, 0.717) is 4.88 Å². The third-order valence-corrected chi connectivity index (χ3v) is 8.42. The van der Waals surface area contributed by atoms with Gasteiger partial charge in [0.1, 0.15) is 23.5 Å². The van der Waals surface area contributed by atoms with Crippen LogP contribution in [0.3, 0.4) is 0 Å². The first kappa shape index (κ1) is 22.4. The summed E-state index contributed by atoms with van der Waals surface area (Å²) in [5, 5.41) is 22.0. The molecule has 4 N–H and O–H groups in total. The van der Waals surface area contributed by atoms with Gasteiger partial charge in [-0.15, -0.1) is 23.1 Å². The van der Waals surface area contributed by atoms with Crippen molar-refractivity contribution in [2.45, 2.75) is 55.4 Å². The van der Waals surface area contributed by atoms with E-state index >= 15 is 0 Å². The van der Waals surface area contributed by atoms with E-state index in [9.17, 15) is 24.8 Å². The maximum atomic E-state index is 12.8. The van der Waals surface area contributed by atoms with Crippen molar-refractivity contribution in [3.8, 4) is 6.07 Å². The Labute approximate surface area is 183 Å². The molecule has 2 amide bonds. The Morgan fingerprint density at radius 3 is 2.57 bits per heavy atom. The van der Waals surface area contributed by atoms with Gasteiger partial charge in [0.05, 0.1) is 5.00 Å². The van der Waals surface area contributed by atoms with Gasteiger partial charge in [-0.2, -0.15) is 5.26 Å². The summed E-state index contributed by atoms with van der Waals surface area (Å²) in [6.45, 7) is 9.12. The van der Waals surface area contributed by atoms with E-state index in [-0.39, 0.29) is 0 Å². The molecule has 2 aliphatic rings. The molecule has 2 aliphatic heterocycles. The number of fused-ring (bicyclic) bond motifs is 1. The molecule has 2 unspecified atom stereocenters. The van der Waals surface area contributed by atoms with Gasteiger partial charge >= 0.3 is 5.97 Å². The van der Waals surface area contributed by atoms with Gasteiger partial charge in [0.15, 0.2) is 0 Å². The van der Waals surface area contributed by atoms with Gasteiger partial charge in [0, 0.05) is 22.7 Å². The Bertz CT molecular complexity index is 922. The van der Waals surface area contributed by atoms with Crippen LogP contribution in [-0.2, 0) is 14.4 Å². The topological polar surface area (TPSA) is 140 Å². The molecule has 11 heteroatoms. The monoisotopic (exact) mass is 451 g/mol. The number of β-lactam (4-membered cyclic amide) rings is 1. The van der Waals surface area contributed by atoms with E-state index in [1.54, 1.807) is 19.9 Å². The van der Waals surface area contributed by atoms with Crippen LogP contribution >= 0.6 is 23.1 Å². The Morgan fingerprint density at radius 1 is 1.40 bits per heavy atom. The van der Waals surface area contributed by atoms with Crippen LogP contribution in [0.1, 0.15) is 38.6 Å². The first-order chi connectivity index (χ1) is 14.0. The van der Waals surface area contributed by atoms with Crippen LogP contribution in [-0.4, -0.2) is 62.6 Å². The summed E-state index contributed by atoms with van der Waals surface area (Å²) in [4.78, 5) is 41.3. The van der Waals surface area contributed by atoms with Crippen molar-refractivity contribution in [2.24, 2.45) is 5.73 Å². The van der Waals surface area contributed by atoms with Gasteiger partial charge in [0.25, 0.3) is 5.91 Å². The summed E-state index contributed by atoms with van der Waals surface area (Å²) in [5.41, 5.74) is 4.31. The lowest BCUT2D eigenvalue weighted by Crippen LogP contribution is -2.79. The van der Waals surface area contributed by atoms with Crippen molar-refractivity contribution in [3.05, 3.63) is 17.0 Å². The van der Waals surface area contributed by atoms with Crippen LogP contribution in [0.25, 0.3) is 0 Å². The molecule has 162 valence electrons. The third kappa shape index (κ3) is 3.23. The lowest BCUT2D eigenvalue weighted by Gasteiger charge is -2.49. The molecule has 0 saturated carbocycles. The quantitative estimate of drug-likeness (QED) is 0.524. The van der Waals surface area contributed by atoms with E-state index in [4.69, 9.17) is 5.73 Å². The maximum Gasteiger partial charge on any atom is 0.327 e. The smallest absolute Gasteiger partial charge is 0.327 e. The highest BCUT2D eigenvalue weighted by molar-refractivity contribution is 8.01. The molecule has 1 aromatic heterocycles. The SMILES string of the molecule is CCN(CC)c1ccc(C(N)C(=O)NC2(C#N)C(=O)N3[C@@H](C(=O)O)C(C)(C)S[C@@H]32)s1. The average Bonchev–Trinajstić information content (AvgIpc) is 3.27. The predicted octanol–water partition coefficient (Wildman–Crippen LogP) is 1.12. The van der Waals surface area contributed by atoms with Crippen LogP contribution in [0.5, 0.6) is 0 Å².